The van der Waals surface area contributed by atoms with Crippen LogP contribution in [0.15, 0.2) is 6.20 Å². The van der Waals surface area contributed by atoms with E-state index in [4.69, 9.17) is 4.74 Å². The summed E-state index contributed by atoms with van der Waals surface area (Å²) in [5.74, 6) is 0.231. The van der Waals surface area contributed by atoms with Gasteiger partial charge in [0.15, 0.2) is 5.78 Å². The average molecular weight is 291 g/mol. The van der Waals surface area contributed by atoms with Crippen LogP contribution in [0.25, 0.3) is 0 Å². The molecule has 1 aromatic heterocycles. The van der Waals surface area contributed by atoms with Gasteiger partial charge in [0.05, 0.1) is 23.9 Å². The van der Waals surface area contributed by atoms with E-state index in [0.29, 0.717) is 23.8 Å². The van der Waals surface area contributed by atoms with Crippen molar-refractivity contribution in [3.8, 4) is 0 Å². The molecule has 0 spiro atoms. The second-order valence-corrected chi connectivity index (χ2v) is 5.21. The molecular weight excluding hydrogens is 270 g/mol. The summed E-state index contributed by atoms with van der Waals surface area (Å²) in [6.45, 7) is 6.20. The van der Waals surface area contributed by atoms with Crippen LogP contribution in [0.1, 0.15) is 49.2 Å². The fourth-order valence-corrected chi connectivity index (χ4v) is 2.60. The molecule has 0 bridgehead atoms. The maximum atomic E-state index is 11.8. The Balaban J connectivity index is 2.26. The van der Waals surface area contributed by atoms with E-state index in [1.165, 1.54) is 6.20 Å². The summed E-state index contributed by atoms with van der Waals surface area (Å²) >= 11 is 0. The lowest BCUT2D eigenvalue weighted by molar-refractivity contribution is -0.118. The van der Waals surface area contributed by atoms with Gasteiger partial charge in [0.1, 0.15) is 0 Å². The summed E-state index contributed by atoms with van der Waals surface area (Å²) < 4.78 is 4.97. The Kier molecular flexibility index (Phi) is 4.88. The topological polar surface area (TPSA) is 72.4 Å². The van der Waals surface area contributed by atoms with E-state index in [2.05, 4.69) is 9.97 Å². The summed E-state index contributed by atoms with van der Waals surface area (Å²) in [6.07, 6.45) is 4.38. The smallest absolute Gasteiger partial charge is 0.341 e. The number of ether oxygens (including phenoxy) is 1. The fourth-order valence-electron chi connectivity index (χ4n) is 2.60. The van der Waals surface area contributed by atoms with Crippen LogP contribution in [-0.4, -0.2) is 40.9 Å². The Bertz CT molecular complexity index is 545. The van der Waals surface area contributed by atoms with Crippen LogP contribution in [0.2, 0.25) is 0 Å². The number of anilines is 1. The lowest BCUT2D eigenvalue weighted by atomic mass is 10.00. The minimum absolute atomic E-state index is 0.130. The van der Waals surface area contributed by atoms with E-state index in [9.17, 15) is 9.59 Å². The van der Waals surface area contributed by atoms with Crippen LogP contribution in [0.4, 0.5) is 5.95 Å². The van der Waals surface area contributed by atoms with Gasteiger partial charge in [-0.3, -0.25) is 4.79 Å². The van der Waals surface area contributed by atoms with Gasteiger partial charge in [0.2, 0.25) is 5.95 Å². The van der Waals surface area contributed by atoms with E-state index < -0.39 is 5.97 Å². The summed E-state index contributed by atoms with van der Waals surface area (Å²) in [4.78, 5) is 34.1. The molecule has 0 saturated carbocycles. The van der Waals surface area contributed by atoms with Crippen molar-refractivity contribution in [1.29, 1.82) is 0 Å². The number of ketones is 1. The minimum Gasteiger partial charge on any atom is -0.462 e. The van der Waals surface area contributed by atoms with Gasteiger partial charge >= 0.3 is 5.97 Å². The van der Waals surface area contributed by atoms with Gasteiger partial charge in [-0.25, -0.2) is 14.8 Å². The number of Topliss-reactive ketones (excluding diaryl/α,β-unsaturated/α-hetero) is 1. The number of carbonyl (C=O) groups is 2. The molecule has 6 heteroatoms. The van der Waals surface area contributed by atoms with E-state index in [0.717, 1.165) is 25.8 Å². The summed E-state index contributed by atoms with van der Waals surface area (Å²) in [6, 6.07) is -0.161. The van der Waals surface area contributed by atoms with E-state index in [-0.39, 0.29) is 11.8 Å². The zero-order valence-corrected chi connectivity index (χ0v) is 12.8. The first-order valence-electron chi connectivity index (χ1n) is 7.32. The van der Waals surface area contributed by atoms with Gasteiger partial charge in [-0.1, -0.05) is 0 Å². The molecule has 0 radical (unpaired) electrons. The van der Waals surface area contributed by atoms with Crippen molar-refractivity contribution in [1.82, 2.24) is 9.97 Å². The number of hydrogen-bond donors (Lipinski definition) is 0. The molecule has 1 aromatic rings. The van der Waals surface area contributed by atoms with Gasteiger partial charge < -0.3 is 9.64 Å². The average Bonchev–Trinajstić information content (AvgIpc) is 2.47. The highest BCUT2D eigenvalue weighted by atomic mass is 16.5. The molecule has 1 aliphatic rings. The molecule has 114 valence electrons. The van der Waals surface area contributed by atoms with Gasteiger partial charge in [-0.2, -0.15) is 0 Å². The van der Waals surface area contributed by atoms with Crippen molar-refractivity contribution in [3.63, 3.8) is 0 Å². The van der Waals surface area contributed by atoms with Crippen molar-refractivity contribution in [2.24, 2.45) is 0 Å². The van der Waals surface area contributed by atoms with Crippen molar-refractivity contribution < 1.29 is 14.3 Å². The largest absolute Gasteiger partial charge is 0.462 e. The van der Waals surface area contributed by atoms with E-state index >= 15 is 0 Å². The molecular formula is C15H21N3O3. The van der Waals surface area contributed by atoms with Crippen LogP contribution in [0.5, 0.6) is 0 Å². The molecule has 21 heavy (non-hydrogen) atoms. The molecule has 2 rings (SSSR count). The zero-order valence-electron chi connectivity index (χ0n) is 12.8. The number of aromatic nitrogens is 2. The Hall–Kier alpha value is -1.98. The molecule has 0 aromatic carbocycles. The minimum atomic E-state index is -0.414. The Morgan fingerprint density at radius 3 is 2.81 bits per heavy atom. The molecule has 0 N–H and O–H groups in total. The number of nitrogens with zero attached hydrogens (tertiary/aromatic N) is 3. The van der Waals surface area contributed by atoms with E-state index in [1.54, 1.807) is 20.8 Å². The van der Waals surface area contributed by atoms with Crippen LogP contribution >= 0.6 is 0 Å². The Morgan fingerprint density at radius 2 is 2.19 bits per heavy atom. The summed E-state index contributed by atoms with van der Waals surface area (Å²) in [7, 11) is 0. The second-order valence-electron chi connectivity index (χ2n) is 5.21. The second kappa shape index (κ2) is 6.65. The number of rotatable bonds is 4. The summed E-state index contributed by atoms with van der Waals surface area (Å²) in [5, 5.41) is 0. The highest BCUT2D eigenvalue weighted by Gasteiger charge is 2.28. The highest BCUT2D eigenvalue weighted by molar-refractivity contribution is 5.90. The van der Waals surface area contributed by atoms with Crippen molar-refractivity contribution in [3.05, 3.63) is 17.5 Å². The van der Waals surface area contributed by atoms with Gasteiger partial charge in [-0.15, -0.1) is 0 Å². The third kappa shape index (κ3) is 3.37. The highest BCUT2D eigenvalue weighted by Crippen LogP contribution is 2.23. The first-order chi connectivity index (χ1) is 10.0. The van der Waals surface area contributed by atoms with Crippen molar-refractivity contribution >= 4 is 17.7 Å². The maximum Gasteiger partial charge on any atom is 0.341 e. The standard InChI is InChI=1S/C15H21N3O3/c1-4-21-14(20)12-9-16-15(17-10(12)2)18-8-6-5-7-13(18)11(3)19/h9,13H,4-8H2,1-3H3. The van der Waals surface area contributed by atoms with Gasteiger partial charge in [-0.05, 0) is 40.0 Å². The molecule has 1 saturated heterocycles. The first kappa shape index (κ1) is 15.4. The number of piperidine rings is 1. The molecule has 1 fully saturated rings. The van der Waals surface area contributed by atoms with Crippen LogP contribution in [0, 0.1) is 6.92 Å². The van der Waals surface area contributed by atoms with Crippen molar-refractivity contribution in [2.75, 3.05) is 18.1 Å². The monoisotopic (exact) mass is 291 g/mol. The van der Waals surface area contributed by atoms with Gasteiger partial charge in [0, 0.05) is 12.7 Å². The molecule has 1 atom stereocenters. The Labute approximate surface area is 124 Å². The Morgan fingerprint density at radius 1 is 1.43 bits per heavy atom. The molecule has 0 amide bonds. The van der Waals surface area contributed by atoms with Crippen LogP contribution in [-0.2, 0) is 9.53 Å². The molecule has 0 aliphatic carbocycles. The number of hydrogen-bond acceptors (Lipinski definition) is 6. The molecule has 1 unspecified atom stereocenters. The lowest BCUT2D eigenvalue weighted by Gasteiger charge is -2.34. The molecule has 1 aliphatic heterocycles. The fraction of sp³-hybridized carbons (Fsp3) is 0.600. The maximum absolute atomic E-state index is 11.8. The number of aryl methyl sites for hydroxylation is 1. The SMILES string of the molecule is CCOC(=O)c1cnc(N2CCCCC2C(C)=O)nc1C. The third-order valence-electron chi connectivity index (χ3n) is 3.69. The zero-order chi connectivity index (χ0) is 15.4. The lowest BCUT2D eigenvalue weighted by Crippen LogP contribution is -2.45. The first-order valence-corrected chi connectivity index (χ1v) is 7.32. The third-order valence-corrected chi connectivity index (χ3v) is 3.69. The number of carbonyl (C=O) groups excluding carboxylic acids is 2. The quantitative estimate of drug-likeness (QED) is 0.789. The normalized spacial score (nSPS) is 18.4. The van der Waals surface area contributed by atoms with Crippen LogP contribution < -0.4 is 4.90 Å². The predicted molar refractivity (Wildman–Crippen MR) is 78.4 cm³/mol. The molecule has 6 nitrogen and oxygen atoms in total. The predicted octanol–water partition coefficient (Wildman–Crippen LogP) is 1.91. The summed E-state index contributed by atoms with van der Waals surface area (Å²) in [5.41, 5.74) is 0.948. The van der Waals surface area contributed by atoms with Gasteiger partial charge in [0.25, 0.3) is 0 Å². The molecule has 2 heterocycles. The van der Waals surface area contributed by atoms with Crippen LogP contribution in [0.3, 0.4) is 0 Å². The van der Waals surface area contributed by atoms with Crippen molar-refractivity contribution in [2.45, 2.75) is 46.1 Å². The number of esters is 1. The van der Waals surface area contributed by atoms with E-state index in [1.807, 2.05) is 4.90 Å².